The highest BCUT2D eigenvalue weighted by Gasteiger charge is 2.22. The van der Waals surface area contributed by atoms with Crippen LogP contribution in [0, 0.1) is 5.92 Å². The van der Waals surface area contributed by atoms with Gasteiger partial charge in [-0.1, -0.05) is 40.0 Å². The second-order valence-electron chi connectivity index (χ2n) is 8.37. The highest BCUT2D eigenvalue weighted by atomic mass is 16.1. The van der Waals surface area contributed by atoms with E-state index in [0.717, 1.165) is 37.9 Å². The largest absolute Gasteiger partial charge is 0.358 e. The minimum atomic E-state index is 0.133. The molecule has 1 aliphatic rings. The fourth-order valence-corrected chi connectivity index (χ4v) is 4.08. The third-order valence-corrected chi connectivity index (χ3v) is 5.65. The Morgan fingerprint density at radius 3 is 2.89 bits per heavy atom. The zero-order valence-corrected chi connectivity index (χ0v) is 17.2. The Labute approximate surface area is 163 Å². The molecule has 0 radical (unpaired) electrons. The number of hydrogen-bond donors (Lipinski definition) is 3. The van der Waals surface area contributed by atoms with Gasteiger partial charge in [-0.3, -0.25) is 4.79 Å². The summed E-state index contributed by atoms with van der Waals surface area (Å²) in [5.74, 6) is 0.824. The Balaban J connectivity index is 1.66. The maximum atomic E-state index is 12.2. The molecule has 2 aromatic rings. The molecule has 1 heterocycles. The van der Waals surface area contributed by atoms with Gasteiger partial charge in [-0.2, -0.15) is 0 Å². The molecule has 0 saturated heterocycles. The first-order chi connectivity index (χ1) is 13.1. The molecule has 1 aromatic heterocycles. The average molecular weight is 370 g/mol. The molecule has 4 nitrogen and oxygen atoms in total. The monoisotopic (exact) mass is 369 g/mol. The number of rotatable bonds is 9. The van der Waals surface area contributed by atoms with Gasteiger partial charge in [0.15, 0.2) is 0 Å². The van der Waals surface area contributed by atoms with Gasteiger partial charge in [0.1, 0.15) is 0 Å². The van der Waals surface area contributed by atoms with Gasteiger partial charge in [0, 0.05) is 34.7 Å². The smallest absolute Gasteiger partial charge is 0.224 e. The highest BCUT2D eigenvalue weighted by Crippen LogP contribution is 2.33. The van der Waals surface area contributed by atoms with Gasteiger partial charge in [-0.05, 0) is 61.9 Å². The molecule has 3 rings (SSSR count). The van der Waals surface area contributed by atoms with E-state index in [4.69, 9.17) is 0 Å². The van der Waals surface area contributed by atoms with Gasteiger partial charge in [-0.15, -0.1) is 0 Å². The lowest BCUT2D eigenvalue weighted by molar-refractivity contribution is -0.116. The van der Waals surface area contributed by atoms with Crippen molar-refractivity contribution in [3.63, 3.8) is 0 Å². The Bertz CT molecular complexity index is 762. The Kier molecular flexibility index (Phi) is 6.95. The molecule has 1 aliphatic carbocycles. The fraction of sp³-hybridized carbons (Fsp3) is 0.609. The lowest BCUT2D eigenvalue weighted by Crippen LogP contribution is -2.31. The topological polar surface area (TPSA) is 56.9 Å². The number of aryl methyl sites for hydroxylation is 1. The number of aromatic nitrogens is 1. The van der Waals surface area contributed by atoms with Crippen LogP contribution in [-0.2, 0) is 17.6 Å². The summed E-state index contributed by atoms with van der Waals surface area (Å²) in [6.45, 7) is 7.68. The minimum Gasteiger partial charge on any atom is -0.358 e. The summed E-state index contributed by atoms with van der Waals surface area (Å²) in [5, 5.41) is 7.96. The van der Waals surface area contributed by atoms with Crippen LogP contribution in [0.25, 0.3) is 10.9 Å². The molecular formula is C23H35N3O. The van der Waals surface area contributed by atoms with Crippen molar-refractivity contribution in [2.75, 3.05) is 11.9 Å². The quantitative estimate of drug-likeness (QED) is 0.533. The molecule has 1 unspecified atom stereocenters. The van der Waals surface area contributed by atoms with Crippen LogP contribution in [0.3, 0.4) is 0 Å². The number of carbonyl (C=O) groups is 1. The van der Waals surface area contributed by atoms with E-state index in [1.807, 2.05) is 6.07 Å². The van der Waals surface area contributed by atoms with E-state index < -0.39 is 0 Å². The van der Waals surface area contributed by atoms with Crippen molar-refractivity contribution in [1.29, 1.82) is 0 Å². The standard InChI is InChI=1S/C23H35N3O/c1-4-5-6-7-8-23(27)25-18-10-12-22-20(14-18)19-13-17(15-24-16(2)3)9-11-21(19)26-22/h10,12,14,16-17,24,26H,4-9,11,13,15H2,1-3H3,(H,25,27). The van der Waals surface area contributed by atoms with Crippen LogP contribution in [0.2, 0.25) is 0 Å². The Morgan fingerprint density at radius 2 is 2.11 bits per heavy atom. The predicted octanol–water partition coefficient (Wildman–Crippen LogP) is 5.18. The highest BCUT2D eigenvalue weighted by molar-refractivity contribution is 5.95. The number of carbonyl (C=O) groups excluding carboxylic acids is 1. The predicted molar refractivity (Wildman–Crippen MR) is 114 cm³/mol. The van der Waals surface area contributed by atoms with Crippen molar-refractivity contribution in [3.05, 3.63) is 29.5 Å². The molecule has 0 saturated carbocycles. The minimum absolute atomic E-state index is 0.133. The zero-order chi connectivity index (χ0) is 19.2. The van der Waals surface area contributed by atoms with Gasteiger partial charge in [0.2, 0.25) is 5.91 Å². The maximum absolute atomic E-state index is 12.2. The summed E-state index contributed by atoms with van der Waals surface area (Å²) in [7, 11) is 0. The molecule has 0 aliphatic heterocycles. The zero-order valence-electron chi connectivity index (χ0n) is 17.2. The van der Waals surface area contributed by atoms with Crippen LogP contribution in [-0.4, -0.2) is 23.5 Å². The molecule has 0 fully saturated rings. The molecule has 27 heavy (non-hydrogen) atoms. The molecular weight excluding hydrogens is 334 g/mol. The maximum Gasteiger partial charge on any atom is 0.224 e. The van der Waals surface area contributed by atoms with E-state index >= 15 is 0 Å². The first kappa shape index (κ1) is 19.9. The van der Waals surface area contributed by atoms with Gasteiger partial charge in [0.05, 0.1) is 0 Å². The van der Waals surface area contributed by atoms with Crippen LogP contribution in [0.1, 0.15) is 70.6 Å². The van der Waals surface area contributed by atoms with Crippen molar-refractivity contribution >= 4 is 22.5 Å². The van der Waals surface area contributed by atoms with Crippen molar-refractivity contribution in [3.8, 4) is 0 Å². The second kappa shape index (κ2) is 9.41. The van der Waals surface area contributed by atoms with Crippen LogP contribution < -0.4 is 10.6 Å². The fourth-order valence-electron chi connectivity index (χ4n) is 4.08. The van der Waals surface area contributed by atoms with Gasteiger partial charge < -0.3 is 15.6 Å². The summed E-state index contributed by atoms with van der Waals surface area (Å²) < 4.78 is 0. The van der Waals surface area contributed by atoms with E-state index in [2.05, 4.69) is 48.5 Å². The molecule has 1 aromatic carbocycles. The summed E-state index contributed by atoms with van der Waals surface area (Å²) >= 11 is 0. The molecule has 1 amide bonds. The number of aromatic amines is 1. The first-order valence-electron chi connectivity index (χ1n) is 10.7. The number of hydrogen-bond acceptors (Lipinski definition) is 2. The number of amides is 1. The van der Waals surface area contributed by atoms with Crippen LogP contribution >= 0.6 is 0 Å². The van der Waals surface area contributed by atoms with Crippen LogP contribution in [0.4, 0.5) is 5.69 Å². The number of anilines is 1. The first-order valence-corrected chi connectivity index (χ1v) is 10.7. The molecule has 0 bridgehead atoms. The van der Waals surface area contributed by atoms with E-state index in [1.165, 1.54) is 41.4 Å². The normalized spacial score (nSPS) is 16.7. The van der Waals surface area contributed by atoms with E-state index in [0.29, 0.717) is 18.4 Å². The number of H-pyrrole nitrogens is 1. The third-order valence-electron chi connectivity index (χ3n) is 5.65. The van der Waals surface area contributed by atoms with Gasteiger partial charge in [0.25, 0.3) is 0 Å². The number of benzene rings is 1. The summed E-state index contributed by atoms with van der Waals surface area (Å²) in [6.07, 6.45) is 8.61. The number of nitrogens with one attached hydrogen (secondary N) is 3. The molecule has 148 valence electrons. The Morgan fingerprint density at radius 1 is 1.26 bits per heavy atom. The lowest BCUT2D eigenvalue weighted by Gasteiger charge is -2.24. The van der Waals surface area contributed by atoms with E-state index in [-0.39, 0.29) is 5.91 Å². The summed E-state index contributed by atoms with van der Waals surface area (Å²) in [6, 6.07) is 6.83. The Hall–Kier alpha value is -1.81. The van der Waals surface area contributed by atoms with Crippen molar-refractivity contribution < 1.29 is 4.79 Å². The van der Waals surface area contributed by atoms with Crippen molar-refractivity contribution in [1.82, 2.24) is 10.3 Å². The molecule has 4 heteroatoms. The lowest BCUT2D eigenvalue weighted by atomic mass is 9.86. The molecule has 1 atom stereocenters. The second-order valence-corrected chi connectivity index (χ2v) is 8.37. The summed E-state index contributed by atoms with van der Waals surface area (Å²) in [4.78, 5) is 15.8. The number of fused-ring (bicyclic) bond motifs is 3. The van der Waals surface area contributed by atoms with E-state index in [9.17, 15) is 4.79 Å². The van der Waals surface area contributed by atoms with Crippen molar-refractivity contribution in [2.45, 2.75) is 78.2 Å². The van der Waals surface area contributed by atoms with Gasteiger partial charge >= 0.3 is 0 Å². The van der Waals surface area contributed by atoms with Crippen LogP contribution in [0.15, 0.2) is 18.2 Å². The number of unbranched alkanes of at least 4 members (excludes halogenated alkanes) is 3. The average Bonchev–Trinajstić information content (AvgIpc) is 3.01. The molecule has 3 N–H and O–H groups in total. The third kappa shape index (κ3) is 5.35. The van der Waals surface area contributed by atoms with E-state index in [1.54, 1.807) is 0 Å². The molecule has 0 spiro atoms. The van der Waals surface area contributed by atoms with Crippen molar-refractivity contribution in [2.24, 2.45) is 5.92 Å². The SMILES string of the molecule is CCCCCCC(=O)Nc1ccc2[nH]c3c(c2c1)CC(CNC(C)C)CC3. The van der Waals surface area contributed by atoms with Gasteiger partial charge in [-0.25, -0.2) is 0 Å². The summed E-state index contributed by atoms with van der Waals surface area (Å²) in [5.41, 5.74) is 4.95. The van der Waals surface area contributed by atoms with Crippen LogP contribution in [0.5, 0.6) is 0 Å².